The SMILES string of the molecule is CCN1C[C@@]23C=C[C@@H](O2)[C@H](C(=O)N[C@@H](C)COc2ccc(OC)cc2)[C@@H]3C1=O. The highest BCUT2D eigenvalue weighted by molar-refractivity contribution is 5.93. The second-order valence-electron chi connectivity index (χ2n) is 7.65. The maximum absolute atomic E-state index is 13.0. The molecule has 1 aromatic rings. The Morgan fingerprint density at radius 1 is 1.36 bits per heavy atom. The van der Waals surface area contributed by atoms with Crippen LogP contribution in [-0.4, -0.2) is 61.3 Å². The van der Waals surface area contributed by atoms with Gasteiger partial charge in [0.25, 0.3) is 0 Å². The Kier molecular flexibility index (Phi) is 4.79. The molecule has 7 nitrogen and oxygen atoms in total. The number of amides is 2. The highest BCUT2D eigenvalue weighted by Gasteiger charge is 2.66. The monoisotopic (exact) mass is 386 g/mol. The summed E-state index contributed by atoms with van der Waals surface area (Å²) < 4.78 is 16.9. The molecule has 150 valence electrons. The number of carbonyl (C=O) groups excluding carboxylic acids is 2. The minimum absolute atomic E-state index is 0.0108. The molecule has 0 unspecified atom stereocenters. The van der Waals surface area contributed by atoms with Crippen LogP contribution in [0.1, 0.15) is 13.8 Å². The molecule has 3 aliphatic rings. The highest BCUT2D eigenvalue weighted by Crippen LogP contribution is 2.51. The van der Waals surface area contributed by atoms with Crippen molar-refractivity contribution in [3.8, 4) is 11.5 Å². The minimum Gasteiger partial charge on any atom is -0.497 e. The lowest BCUT2D eigenvalue weighted by Gasteiger charge is -2.25. The van der Waals surface area contributed by atoms with Gasteiger partial charge in [0, 0.05) is 6.54 Å². The third-order valence-corrected chi connectivity index (χ3v) is 5.81. The van der Waals surface area contributed by atoms with Crippen LogP contribution in [0.2, 0.25) is 0 Å². The van der Waals surface area contributed by atoms with Crippen molar-refractivity contribution in [2.75, 3.05) is 26.8 Å². The largest absolute Gasteiger partial charge is 0.497 e. The van der Waals surface area contributed by atoms with Crippen LogP contribution in [0.5, 0.6) is 11.5 Å². The number of likely N-dealkylation sites (N-methyl/N-ethyl adjacent to an activating group) is 1. The second-order valence-corrected chi connectivity index (χ2v) is 7.65. The molecule has 0 radical (unpaired) electrons. The quantitative estimate of drug-likeness (QED) is 0.717. The number of hydrogen-bond acceptors (Lipinski definition) is 5. The molecule has 1 spiro atoms. The van der Waals surface area contributed by atoms with Gasteiger partial charge in [-0.1, -0.05) is 12.2 Å². The summed E-state index contributed by atoms with van der Waals surface area (Å²) in [5, 5.41) is 2.99. The summed E-state index contributed by atoms with van der Waals surface area (Å²) in [5.41, 5.74) is -0.636. The third kappa shape index (κ3) is 3.03. The Bertz CT molecular complexity index is 792. The van der Waals surface area contributed by atoms with E-state index in [4.69, 9.17) is 14.2 Å². The number of nitrogens with one attached hydrogen (secondary N) is 1. The summed E-state index contributed by atoms with van der Waals surface area (Å²) >= 11 is 0. The van der Waals surface area contributed by atoms with Crippen molar-refractivity contribution < 1.29 is 23.8 Å². The molecule has 5 atom stereocenters. The maximum Gasteiger partial charge on any atom is 0.230 e. The molecule has 0 saturated carbocycles. The number of rotatable bonds is 7. The normalized spacial score (nSPS) is 31.0. The molecular weight excluding hydrogens is 360 g/mol. The van der Waals surface area contributed by atoms with Crippen LogP contribution in [-0.2, 0) is 14.3 Å². The van der Waals surface area contributed by atoms with Gasteiger partial charge in [0.15, 0.2) is 0 Å². The zero-order valence-electron chi connectivity index (χ0n) is 16.4. The molecule has 28 heavy (non-hydrogen) atoms. The maximum atomic E-state index is 13.0. The summed E-state index contributed by atoms with van der Waals surface area (Å²) in [6.45, 7) is 5.31. The summed E-state index contributed by atoms with van der Waals surface area (Å²) in [6, 6.07) is 7.09. The first-order chi connectivity index (χ1) is 13.5. The lowest BCUT2D eigenvalue weighted by Crippen LogP contribution is -2.47. The fraction of sp³-hybridized carbons (Fsp3) is 0.524. The van der Waals surface area contributed by atoms with Crippen molar-refractivity contribution in [2.24, 2.45) is 11.8 Å². The molecule has 1 aromatic carbocycles. The Morgan fingerprint density at radius 2 is 2.07 bits per heavy atom. The van der Waals surface area contributed by atoms with E-state index < -0.39 is 17.4 Å². The lowest BCUT2D eigenvalue weighted by atomic mass is 9.76. The van der Waals surface area contributed by atoms with Gasteiger partial charge in [-0.15, -0.1) is 0 Å². The Morgan fingerprint density at radius 3 is 2.75 bits per heavy atom. The standard InChI is InChI=1S/C21H26N2O5/c1-4-23-12-21-10-9-16(28-21)17(18(21)20(23)25)19(24)22-13(2)11-27-15-7-5-14(26-3)6-8-15/h5-10,13,16-18H,4,11-12H2,1-3H3,(H,22,24)/t13-,16+,17-,18+,21+/m0/s1. The molecular formula is C21H26N2O5. The van der Waals surface area contributed by atoms with E-state index in [1.165, 1.54) is 0 Å². The molecule has 7 heteroatoms. The van der Waals surface area contributed by atoms with E-state index in [1.54, 1.807) is 12.0 Å². The Hall–Kier alpha value is -2.54. The smallest absolute Gasteiger partial charge is 0.230 e. The topological polar surface area (TPSA) is 77.1 Å². The molecule has 2 fully saturated rings. The summed E-state index contributed by atoms with van der Waals surface area (Å²) in [5.74, 6) is 0.399. The van der Waals surface area contributed by atoms with Crippen LogP contribution in [0, 0.1) is 11.8 Å². The number of methoxy groups -OCH3 is 1. The average Bonchev–Trinajstić information content (AvgIpc) is 3.34. The molecule has 3 aliphatic heterocycles. The first-order valence-electron chi connectivity index (χ1n) is 9.70. The number of fused-ring (bicyclic) bond motifs is 1. The predicted molar refractivity (Wildman–Crippen MR) is 102 cm³/mol. The van der Waals surface area contributed by atoms with Gasteiger partial charge in [0.2, 0.25) is 11.8 Å². The van der Waals surface area contributed by atoms with Gasteiger partial charge >= 0.3 is 0 Å². The van der Waals surface area contributed by atoms with Crippen LogP contribution in [0.15, 0.2) is 36.4 Å². The van der Waals surface area contributed by atoms with Gasteiger partial charge in [0.1, 0.15) is 23.7 Å². The van der Waals surface area contributed by atoms with Crippen LogP contribution < -0.4 is 14.8 Å². The average molecular weight is 386 g/mol. The van der Waals surface area contributed by atoms with Crippen molar-refractivity contribution in [1.82, 2.24) is 10.2 Å². The molecule has 0 aromatic heterocycles. The third-order valence-electron chi connectivity index (χ3n) is 5.81. The van der Waals surface area contributed by atoms with Crippen molar-refractivity contribution in [3.63, 3.8) is 0 Å². The first kappa shape index (κ1) is 18.8. The molecule has 3 heterocycles. The first-order valence-corrected chi connectivity index (χ1v) is 9.70. The van der Waals surface area contributed by atoms with Crippen molar-refractivity contribution in [3.05, 3.63) is 36.4 Å². The van der Waals surface area contributed by atoms with E-state index in [0.29, 0.717) is 25.4 Å². The number of ether oxygens (including phenoxy) is 3. The van der Waals surface area contributed by atoms with Crippen LogP contribution in [0.25, 0.3) is 0 Å². The predicted octanol–water partition coefficient (Wildman–Crippen LogP) is 1.38. The zero-order valence-corrected chi connectivity index (χ0v) is 16.4. The summed E-state index contributed by atoms with van der Waals surface area (Å²) in [4.78, 5) is 27.5. The van der Waals surface area contributed by atoms with E-state index in [2.05, 4.69) is 5.32 Å². The van der Waals surface area contributed by atoms with Gasteiger partial charge in [-0.3, -0.25) is 9.59 Å². The number of likely N-dealkylation sites (tertiary alicyclic amines) is 1. The van der Waals surface area contributed by atoms with Crippen molar-refractivity contribution in [1.29, 1.82) is 0 Å². The Labute approximate surface area is 164 Å². The van der Waals surface area contributed by atoms with E-state index in [0.717, 1.165) is 5.75 Å². The Balaban J connectivity index is 1.37. The van der Waals surface area contributed by atoms with Gasteiger partial charge in [0.05, 0.1) is 37.6 Å². The van der Waals surface area contributed by atoms with E-state index in [1.807, 2.05) is 50.3 Å². The molecule has 2 amide bonds. The van der Waals surface area contributed by atoms with Gasteiger partial charge in [-0.2, -0.15) is 0 Å². The second kappa shape index (κ2) is 7.13. The lowest BCUT2D eigenvalue weighted by molar-refractivity contribution is -0.137. The molecule has 0 aliphatic carbocycles. The van der Waals surface area contributed by atoms with Crippen molar-refractivity contribution >= 4 is 11.8 Å². The highest BCUT2D eigenvalue weighted by atomic mass is 16.5. The number of hydrogen-bond donors (Lipinski definition) is 1. The van der Waals surface area contributed by atoms with Crippen LogP contribution in [0.4, 0.5) is 0 Å². The molecule has 2 saturated heterocycles. The van der Waals surface area contributed by atoms with E-state index in [-0.39, 0.29) is 24.0 Å². The molecule has 4 rings (SSSR count). The minimum atomic E-state index is -0.636. The summed E-state index contributed by atoms with van der Waals surface area (Å²) in [6.07, 6.45) is 3.56. The number of benzene rings is 1. The van der Waals surface area contributed by atoms with E-state index >= 15 is 0 Å². The fourth-order valence-corrected chi connectivity index (χ4v) is 4.42. The number of nitrogens with zero attached hydrogens (tertiary/aromatic N) is 1. The summed E-state index contributed by atoms with van der Waals surface area (Å²) in [7, 11) is 1.61. The van der Waals surface area contributed by atoms with Gasteiger partial charge in [-0.05, 0) is 38.1 Å². The fourth-order valence-electron chi connectivity index (χ4n) is 4.42. The molecule has 2 bridgehead atoms. The van der Waals surface area contributed by atoms with Gasteiger partial charge < -0.3 is 24.4 Å². The van der Waals surface area contributed by atoms with E-state index in [9.17, 15) is 9.59 Å². The zero-order chi connectivity index (χ0) is 19.9. The van der Waals surface area contributed by atoms with Crippen LogP contribution in [0.3, 0.4) is 0 Å². The molecule has 1 N–H and O–H groups in total. The van der Waals surface area contributed by atoms with Crippen molar-refractivity contribution in [2.45, 2.75) is 31.6 Å². The van der Waals surface area contributed by atoms with Crippen LogP contribution >= 0.6 is 0 Å². The number of carbonyl (C=O) groups is 2. The van der Waals surface area contributed by atoms with Gasteiger partial charge in [-0.25, -0.2) is 0 Å².